The van der Waals surface area contributed by atoms with E-state index >= 15 is 0 Å². The Morgan fingerprint density at radius 3 is 1.36 bits per heavy atom. The fraction of sp³-hybridized carbons (Fsp3) is 0.381. The summed E-state index contributed by atoms with van der Waals surface area (Å²) in [6.45, 7) is 28.0. The number of nitrogens with zero attached hydrogens (tertiary/aromatic N) is 1. The van der Waals surface area contributed by atoms with Crippen LogP contribution in [-0.4, -0.2) is 11.0 Å². The number of hydrogen-bond acceptors (Lipinski definition) is 1. The highest BCUT2D eigenvalue weighted by Gasteiger charge is 2.60. The van der Waals surface area contributed by atoms with Crippen LogP contribution in [0.25, 0.3) is 0 Å². The van der Waals surface area contributed by atoms with Crippen molar-refractivity contribution >= 4 is 25.4 Å². The van der Waals surface area contributed by atoms with Crippen LogP contribution >= 0.6 is 14.8 Å². The van der Waals surface area contributed by atoms with Gasteiger partial charge in [-0.1, -0.05) is 140 Å². The lowest BCUT2D eigenvalue weighted by Gasteiger charge is -2.51. The Morgan fingerprint density at radius 1 is 0.644 bits per heavy atom. The number of hydrogen-bond donors (Lipinski definition) is 0. The van der Waals surface area contributed by atoms with Crippen LogP contribution in [0.4, 0.5) is 0 Å². The molecule has 3 heteroatoms. The average molecular weight is 636 g/mol. The molecule has 1 aliphatic rings. The van der Waals surface area contributed by atoms with Gasteiger partial charge in [0, 0.05) is 7.41 Å². The van der Waals surface area contributed by atoms with E-state index in [1.54, 1.807) is 0 Å². The van der Waals surface area contributed by atoms with Gasteiger partial charge in [-0.2, -0.15) is 6.66 Å². The predicted octanol–water partition coefficient (Wildman–Crippen LogP) is 12.1. The van der Waals surface area contributed by atoms with Crippen molar-refractivity contribution in [3.8, 4) is 0 Å². The van der Waals surface area contributed by atoms with Crippen molar-refractivity contribution in [1.29, 1.82) is 0 Å². The van der Waals surface area contributed by atoms with Gasteiger partial charge in [-0.05, 0) is 76.6 Å². The van der Waals surface area contributed by atoms with Crippen LogP contribution in [-0.2, 0) is 10.8 Å². The first-order chi connectivity index (χ1) is 21.3. The zero-order valence-corrected chi connectivity index (χ0v) is 30.6. The molecule has 0 amide bonds. The average Bonchev–Trinajstić information content (AvgIpc) is 3.38. The summed E-state index contributed by atoms with van der Waals surface area (Å²) >= 11 is 0. The van der Waals surface area contributed by atoms with Crippen molar-refractivity contribution in [3.05, 3.63) is 145 Å². The Kier molecular flexibility index (Phi) is 10.2. The molecule has 0 bridgehead atoms. The monoisotopic (exact) mass is 635 g/mol. The van der Waals surface area contributed by atoms with Gasteiger partial charge in [0.2, 0.25) is 0 Å². The summed E-state index contributed by atoms with van der Waals surface area (Å²) in [5.74, 6) is 0. The van der Waals surface area contributed by atoms with Gasteiger partial charge in [0.05, 0.1) is 35.9 Å². The highest BCUT2D eigenvalue weighted by atomic mass is 31.2. The van der Waals surface area contributed by atoms with Crippen LogP contribution < -0.4 is 10.6 Å². The van der Waals surface area contributed by atoms with E-state index in [1.165, 1.54) is 32.9 Å². The molecule has 0 aliphatic carbocycles. The van der Waals surface area contributed by atoms with Gasteiger partial charge in [-0.25, -0.2) is 0 Å². The SMILES string of the molecule is [CH2-][P+](c1ccccc1)(c1ccccc1)N(CCCC)[P+]1([CH2-])[C@H](c2ccc(C(C)(C)C)cc2)CC[C@H]1c1ccc(C(C)(C)C)cc1. The minimum atomic E-state index is -2.25. The molecule has 45 heavy (non-hydrogen) atoms. The summed E-state index contributed by atoms with van der Waals surface area (Å²) in [4.78, 5) is 0. The second kappa shape index (κ2) is 13.4. The van der Waals surface area contributed by atoms with Crippen molar-refractivity contribution in [2.45, 2.75) is 96.3 Å². The molecule has 1 aliphatic heterocycles. The van der Waals surface area contributed by atoms with E-state index in [4.69, 9.17) is 13.3 Å². The van der Waals surface area contributed by atoms with Crippen molar-refractivity contribution in [2.75, 3.05) is 6.54 Å². The van der Waals surface area contributed by atoms with E-state index in [-0.39, 0.29) is 10.8 Å². The molecule has 1 fully saturated rings. The quantitative estimate of drug-likeness (QED) is 0.131. The molecule has 1 heterocycles. The molecule has 0 N–H and O–H groups in total. The standard InChI is InChI=1S/C42H55NP2/c1-10-11-32-43(44(8,37-18-14-12-15-19-37)38-20-16-13-17-21-38)45(9)39(33-22-26-35(27-23-33)41(2,3)4)30-31-40(45)34-24-28-36(29-25-34)42(5,6)7/h12-29,39-40H,8-11,30-32H2,1-7H3/t39-,40-/m0/s1. The summed E-state index contributed by atoms with van der Waals surface area (Å²) in [6, 6.07) is 41.6. The van der Waals surface area contributed by atoms with Crippen molar-refractivity contribution < 1.29 is 0 Å². The molecule has 2 atom stereocenters. The van der Waals surface area contributed by atoms with Crippen LogP contribution in [0.3, 0.4) is 0 Å². The van der Waals surface area contributed by atoms with E-state index in [0.29, 0.717) is 11.3 Å². The summed E-state index contributed by atoms with van der Waals surface area (Å²) in [6.07, 6.45) is 4.60. The Hall–Kier alpha value is -2.30. The van der Waals surface area contributed by atoms with Crippen LogP contribution in [0.5, 0.6) is 0 Å². The van der Waals surface area contributed by atoms with Crippen LogP contribution in [0.1, 0.15) is 108 Å². The fourth-order valence-corrected chi connectivity index (χ4v) is 17.7. The maximum Gasteiger partial charge on any atom is 0.0906 e. The Balaban J connectivity index is 1.74. The van der Waals surface area contributed by atoms with E-state index in [1.807, 2.05) is 0 Å². The molecule has 0 spiro atoms. The zero-order chi connectivity index (χ0) is 32.5. The molecule has 0 radical (unpaired) electrons. The van der Waals surface area contributed by atoms with E-state index in [0.717, 1.165) is 32.2 Å². The van der Waals surface area contributed by atoms with Crippen LogP contribution in [0, 0.1) is 13.3 Å². The van der Waals surface area contributed by atoms with Gasteiger partial charge < -0.3 is 0 Å². The first-order valence-electron chi connectivity index (χ1n) is 16.9. The highest BCUT2D eigenvalue weighted by molar-refractivity contribution is 7.97. The minimum absolute atomic E-state index is 0.129. The summed E-state index contributed by atoms with van der Waals surface area (Å²) < 4.78 is 2.95. The number of unbranched alkanes of at least 4 members (excludes halogenated alkanes) is 1. The topological polar surface area (TPSA) is 3.24 Å². The van der Waals surface area contributed by atoms with E-state index in [2.05, 4.69) is 162 Å². The van der Waals surface area contributed by atoms with Crippen LogP contribution in [0.2, 0.25) is 0 Å². The Labute approximate surface area is 276 Å². The lowest BCUT2D eigenvalue weighted by Crippen LogP contribution is -2.37. The maximum atomic E-state index is 5.52. The van der Waals surface area contributed by atoms with Gasteiger partial charge in [-0.3, -0.25) is 0 Å². The molecule has 1 saturated heterocycles. The van der Waals surface area contributed by atoms with Gasteiger partial charge in [-0.15, -0.1) is 11.1 Å². The third-order valence-corrected chi connectivity index (χ3v) is 19.6. The maximum absolute atomic E-state index is 5.52. The molecule has 0 saturated carbocycles. The second-order valence-corrected chi connectivity index (χ2v) is 22.0. The van der Waals surface area contributed by atoms with Crippen molar-refractivity contribution in [1.82, 2.24) is 4.44 Å². The van der Waals surface area contributed by atoms with E-state index < -0.39 is 14.8 Å². The minimum Gasteiger partial charge on any atom is -0.158 e. The molecule has 0 unspecified atom stereocenters. The first kappa shape index (κ1) is 34.0. The largest absolute Gasteiger partial charge is 0.158 e. The fourth-order valence-electron chi connectivity index (χ4n) is 7.27. The number of rotatable bonds is 9. The Bertz CT molecular complexity index is 1410. The van der Waals surface area contributed by atoms with Crippen molar-refractivity contribution in [3.63, 3.8) is 0 Å². The zero-order valence-electron chi connectivity index (χ0n) is 28.8. The summed E-state index contributed by atoms with van der Waals surface area (Å²) in [7, 11) is -4.36. The molecule has 5 rings (SSSR count). The molecule has 0 aromatic heterocycles. The number of benzene rings is 4. The lowest BCUT2D eigenvalue weighted by atomic mass is 9.86. The van der Waals surface area contributed by atoms with Crippen molar-refractivity contribution in [2.24, 2.45) is 0 Å². The van der Waals surface area contributed by atoms with Gasteiger partial charge >= 0.3 is 0 Å². The smallest absolute Gasteiger partial charge is 0.0906 e. The molecular formula is C42H55NP2. The first-order valence-corrected chi connectivity index (χ1v) is 20.9. The molecule has 238 valence electrons. The summed E-state index contributed by atoms with van der Waals surface area (Å²) in [5.41, 5.74) is 6.73. The molecule has 4 aromatic rings. The normalized spacial score (nSPS) is 18.8. The lowest BCUT2D eigenvalue weighted by molar-refractivity contribution is 0.589. The van der Waals surface area contributed by atoms with Gasteiger partial charge in [0.1, 0.15) is 0 Å². The Morgan fingerprint density at radius 2 is 1.02 bits per heavy atom. The van der Waals surface area contributed by atoms with E-state index in [9.17, 15) is 0 Å². The third-order valence-electron chi connectivity index (χ3n) is 10.0. The van der Waals surface area contributed by atoms with Crippen LogP contribution in [0.15, 0.2) is 109 Å². The summed E-state index contributed by atoms with van der Waals surface area (Å²) in [5, 5.41) is 2.71. The van der Waals surface area contributed by atoms with Gasteiger partial charge in [0.15, 0.2) is 0 Å². The predicted molar refractivity (Wildman–Crippen MR) is 203 cm³/mol. The second-order valence-electron chi connectivity index (χ2n) is 15.1. The molecule has 1 nitrogen and oxygen atoms in total. The molecule has 4 aromatic carbocycles. The molecular weight excluding hydrogens is 580 g/mol. The highest BCUT2D eigenvalue weighted by Crippen LogP contribution is 2.91. The van der Waals surface area contributed by atoms with Gasteiger partial charge in [0.25, 0.3) is 0 Å². The third kappa shape index (κ3) is 6.75.